The second kappa shape index (κ2) is 7.62. The number of likely N-dealkylation sites (N-methyl/N-ethyl adjacent to an activating group) is 1. The number of phenolic OH excluding ortho intramolecular Hbond substituents is 1. The van der Waals surface area contributed by atoms with Crippen LogP contribution in [-0.4, -0.2) is 61.8 Å². The van der Waals surface area contributed by atoms with Gasteiger partial charge in [0.25, 0.3) is 0 Å². The molecule has 6 heteroatoms. The van der Waals surface area contributed by atoms with E-state index in [1.165, 1.54) is 6.26 Å². The third-order valence-corrected chi connectivity index (χ3v) is 6.69. The van der Waals surface area contributed by atoms with E-state index in [0.29, 0.717) is 17.0 Å². The van der Waals surface area contributed by atoms with E-state index in [0.717, 1.165) is 24.2 Å². The van der Waals surface area contributed by atoms with Crippen molar-refractivity contribution in [1.82, 2.24) is 9.80 Å². The fourth-order valence-corrected chi connectivity index (χ4v) is 4.49. The largest absolute Gasteiger partial charge is 0.508 e. The summed E-state index contributed by atoms with van der Waals surface area (Å²) in [5.41, 5.74) is 2.03. The molecule has 5 nitrogen and oxygen atoms in total. The van der Waals surface area contributed by atoms with Gasteiger partial charge in [0.15, 0.2) is 9.84 Å². The van der Waals surface area contributed by atoms with Gasteiger partial charge in [-0.3, -0.25) is 9.80 Å². The Morgan fingerprint density at radius 3 is 2.11 bits per heavy atom. The number of hydrogen-bond donors (Lipinski definition) is 1. The summed E-state index contributed by atoms with van der Waals surface area (Å²) >= 11 is 0. The zero-order valence-electron chi connectivity index (χ0n) is 16.3. The first-order chi connectivity index (χ1) is 12.7. The molecule has 1 fully saturated rings. The van der Waals surface area contributed by atoms with Gasteiger partial charge in [0.2, 0.25) is 0 Å². The van der Waals surface area contributed by atoms with Crippen LogP contribution in [0.3, 0.4) is 0 Å². The number of rotatable bonds is 4. The van der Waals surface area contributed by atoms with Crippen LogP contribution in [0.25, 0.3) is 0 Å². The van der Waals surface area contributed by atoms with Crippen LogP contribution in [0.15, 0.2) is 53.4 Å². The minimum atomic E-state index is -3.23. The van der Waals surface area contributed by atoms with Crippen LogP contribution >= 0.6 is 0 Å². The van der Waals surface area contributed by atoms with E-state index < -0.39 is 9.84 Å². The number of sulfone groups is 1. The summed E-state index contributed by atoms with van der Waals surface area (Å²) in [7, 11) is -1.08. The van der Waals surface area contributed by atoms with E-state index >= 15 is 0 Å². The molecule has 3 rings (SSSR count). The molecule has 0 aromatic heterocycles. The van der Waals surface area contributed by atoms with Crippen LogP contribution < -0.4 is 0 Å². The maximum absolute atomic E-state index is 11.8. The Hall–Kier alpha value is -1.89. The Morgan fingerprint density at radius 1 is 1.00 bits per heavy atom. The van der Waals surface area contributed by atoms with E-state index in [4.69, 9.17) is 0 Å². The van der Waals surface area contributed by atoms with Crippen molar-refractivity contribution in [3.05, 3.63) is 59.7 Å². The van der Waals surface area contributed by atoms with Gasteiger partial charge in [-0.1, -0.05) is 24.3 Å². The predicted octanol–water partition coefficient (Wildman–Crippen LogP) is 2.91. The molecule has 0 aliphatic carbocycles. The van der Waals surface area contributed by atoms with Gasteiger partial charge in [-0.2, -0.15) is 0 Å². The summed E-state index contributed by atoms with van der Waals surface area (Å²) in [6.45, 7) is 6.23. The Morgan fingerprint density at radius 2 is 1.59 bits per heavy atom. The molecule has 146 valence electrons. The highest BCUT2D eigenvalue weighted by Crippen LogP contribution is 2.33. The lowest BCUT2D eigenvalue weighted by atomic mass is 9.94. The quantitative estimate of drug-likeness (QED) is 0.873. The molecule has 1 aliphatic heterocycles. The van der Waals surface area contributed by atoms with E-state index in [2.05, 4.69) is 30.7 Å². The summed E-state index contributed by atoms with van der Waals surface area (Å²) in [6.07, 6.45) is 1.22. The molecule has 27 heavy (non-hydrogen) atoms. The fourth-order valence-electron chi connectivity index (χ4n) is 3.86. The highest BCUT2D eigenvalue weighted by atomic mass is 32.2. The Labute approximate surface area is 162 Å². The molecule has 1 heterocycles. The van der Waals surface area contributed by atoms with Crippen LogP contribution in [0, 0.1) is 0 Å². The lowest BCUT2D eigenvalue weighted by Crippen LogP contribution is -2.55. The van der Waals surface area contributed by atoms with Crippen LogP contribution in [0.5, 0.6) is 5.75 Å². The Bertz CT molecular complexity index is 884. The lowest BCUT2D eigenvalue weighted by Gasteiger charge is -2.46. The molecule has 0 radical (unpaired) electrons. The predicted molar refractivity (Wildman–Crippen MR) is 108 cm³/mol. The second-order valence-electron chi connectivity index (χ2n) is 7.66. The molecule has 1 aliphatic rings. The highest BCUT2D eigenvalue weighted by Gasteiger charge is 2.32. The van der Waals surface area contributed by atoms with Gasteiger partial charge in [0, 0.05) is 31.4 Å². The topological polar surface area (TPSA) is 60.9 Å². The van der Waals surface area contributed by atoms with Crippen LogP contribution in [0.4, 0.5) is 0 Å². The summed E-state index contributed by atoms with van der Waals surface area (Å²) in [4.78, 5) is 5.11. The average molecular weight is 389 g/mol. The minimum absolute atomic E-state index is 0.0377. The van der Waals surface area contributed by atoms with Gasteiger partial charge < -0.3 is 5.11 Å². The van der Waals surface area contributed by atoms with Crippen molar-refractivity contribution in [1.29, 1.82) is 0 Å². The Kier molecular flexibility index (Phi) is 5.60. The molecule has 2 aromatic carbocycles. The summed E-state index contributed by atoms with van der Waals surface area (Å²) in [5, 5.41) is 10.00. The summed E-state index contributed by atoms with van der Waals surface area (Å²) < 4.78 is 23.6. The van der Waals surface area contributed by atoms with Crippen molar-refractivity contribution in [3.63, 3.8) is 0 Å². The van der Waals surface area contributed by atoms with Gasteiger partial charge in [-0.15, -0.1) is 0 Å². The van der Waals surface area contributed by atoms with Gasteiger partial charge in [-0.05, 0) is 56.3 Å². The molecule has 0 spiro atoms. The van der Waals surface area contributed by atoms with Crippen LogP contribution in [-0.2, 0) is 9.84 Å². The maximum Gasteiger partial charge on any atom is 0.175 e. The SMILES string of the molecule is C[C@H]1CN(C(c2ccc(S(C)(=O)=O)cc2)c2cccc(O)c2)C[C@H](C)N1C. The van der Waals surface area contributed by atoms with Gasteiger partial charge in [0.05, 0.1) is 10.9 Å². The van der Waals surface area contributed by atoms with Crippen molar-refractivity contribution in [3.8, 4) is 5.75 Å². The first kappa shape index (κ1) is 19.9. The molecule has 0 amide bonds. The van der Waals surface area contributed by atoms with Crippen LogP contribution in [0.1, 0.15) is 31.0 Å². The van der Waals surface area contributed by atoms with E-state index in [9.17, 15) is 13.5 Å². The fraction of sp³-hybridized carbons (Fsp3) is 0.429. The first-order valence-corrected chi connectivity index (χ1v) is 11.1. The van der Waals surface area contributed by atoms with Crippen molar-refractivity contribution in [2.24, 2.45) is 0 Å². The molecule has 1 saturated heterocycles. The minimum Gasteiger partial charge on any atom is -0.508 e. The third kappa shape index (κ3) is 4.34. The molecule has 2 aromatic rings. The molecule has 1 N–H and O–H groups in total. The number of nitrogens with zero attached hydrogens (tertiary/aromatic N) is 2. The van der Waals surface area contributed by atoms with Gasteiger partial charge in [-0.25, -0.2) is 8.42 Å². The van der Waals surface area contributed by atoms with Crippen molar-refractivity contribution in [2.75, 3.05) is 26.4 Å². The van der Waals surface area contributed by atoms with Crippen molar-refractivity contribution < 1.29 is 13.5 Å². The monoisotopic (exact) mass is 388 g/mol. The number of benzene rings is 2. The molecule has 3 atom stereocenters. The van der Waals surface area contributed by atoms with E-state index in [-0.39, 0.29) is 11.8 Å². The zero-order valence-corrected chi connectivity index (χ0v) is 17.1. The number of phenols is 1. The number of piperazine rings is 1. The molecule has 0 saturated carbocycles. The summed E-state index contributed by atoms with van der Waals surface area (Å²) in [5.74, 6) is 0.237. The zero-order chi connectivity index (χ0) is 19.8. The van der Waals surface area contributed by atoms with E-state index in [1.54, 1.807) is 24.3 Å². The number of aromatic hydroxyl groups is 1. The third-order valence-electron chi connectivity index (χ3n) is 5.56. The Balaban J connectivity index is 2.03. The van der Waals surface area contributed by atoms with E-state index in [1.807, 2.05) is 24.3 Å². The van der Waals surface area contributed by atoms with Gasteiger partial charge >= 0.3 is 0 Å². The average Bonchev–Trinajstić information content (AvgIpc) is 2.59. The van der Waals surface area contributed by atoms with Crippen molar-refractivity contribution in [2.45, 2.75) is 36.9 Å². The lowest BCUT2D eigenvalue weighted by molar-refractivity contribution is 0.0427. The molecular weight excluding hydrogens is 360 g/mol. The standard InChI is InChI=1S/C21H28N2O3S/c1-15-13-23(14-16(2)22(15)3)21(18-6-5-7-19(24)12-18)17-8-10-20(11-9-17)27(4,25)26/h5-12,15-16,21,24H,13-14H2,1-4H3/t15-,16-,21?/m0/s1. The first-order valence-electron chi connectivity index (χ1n) is 9.21. The molecular formula is C21H28N2O3S. The van der Waals surface area contributed by atoms with Gasteiger partial charge in [0.1, 0.15) is 5.75 Å². The molecule has 0 bridgehead atoms. The smallest absolute Gasteiger partial charge is 0.175 e. The maximum atomic E-state index is 11.8. The number of hydrogen-bond acceptors (Lipinski definition) is 5. The highest BCUT2D eigenvalue weighted by molar-refractivity contribution is 7.90. The van der Waals surface area contributed by atoms with Crippen LogP contribution in [0.2, 0.25) is 0 Å². The van der Waals surface area contributed by atoms with Crippen molar-refractivity contribution >= 4 is 9.84 Å². The second-order valence-corrected chi connectivity index (χ2v) is 9.67. The normalized spacial score (nSPS) is 23.3. The molecule has 1 unspecified atom stereocenters. The summed E-state index contributed by atoms with van der Waals surface area (Å²) in [6, 6.07) is 15.2.